The predicted molar refractivity (Wildman–Crippen MR) is 63.4 cm³/mol. The van der Waals surface area contributed by atoms with Crippen LogP contribution < -0.4 is 5.73 Å². The van der Waals surface area contributed by atoms with E-state index >= 15 is 0 Å². The Kier molecular flexibility index (Phi) is 4.26. The number of carboxylic acid groups (broad SMARTS) is 1. The topological polar surface area (TPSA) is 89.1 Å². The second-order valence-electron chi connectivity index (χ2n) is 4.17. The van der Waals surface area contributed by atoms with Gasteiger partial charge in [-0.2, -0.15) is 11.8 Å². The van der Waals surface area contributed by atoms with Crippen molar-refractivity contribution in [1.82, 2.24) is 9.97 Å². The number of hydrogen-bond donors (Lipinski definition) is 2. The average Bonchev–Trinajstić information content (AvgIpc) is 2.16. The van der Waals surface area contributed by atoms with E-state index in [9.17, 15) is 4.79 Å². The van der Waals surface area contributed by atoms with Gasteiger partial charge >= 0.3 is 5.97 Å². The fourth-order valence-corrected chi connectivity index (χ4v) is 2.11. The largest absolute Gasteiger partial charge is 0.478 e. The Morgan fingerprint density at radius 1 is 1.62 bits per heavy atom. The van der Waals surface area contributed by atoms with Crippen LogP contribution in [0.5, 0.6) is 0 Å². The standard InChI is InChI=1S/C10H15N3O2S/c1-10(2,11)5-16-4-8-7(9(14)15)3-12-6-13-8/h3,6H,4-5,11H2,1-2H3,(H,14,15). The number of hydrogen-bond acceptors (Lipinski definition) is 5. The van der Waals surface area contributed by atoms with Crippen molar-refractivity contribution in [2.45, 2.75) is 25.1 Å². The first-order valence-electron chi connectivity index (χ1n) is 4.79. The van der Waals surface area contributed by atoms with E-state index in [2.05, 4.69) is 9.97 Å². The number of nitrogens with zero attached hydrogens (tertiary/aromatic N) is 2. The van der Waals surface area contributed by atoms with Gasteiger partial charge in [0.15, 0.2) is 0 Å². The number of carboxylic acids is 1. The molecule has 0 aromatic carbocycles. The number of aromatic nitrogens is 2. The molecule has 0 bridgehead atoms. The molecule has 0 fully saturated rings. The van der Waals surface area contributed by atoms with Gasteiger partial charge in [0, 0.05) is 23.2 Å². The van der Waals surface area contributed by atoms with Gasteiger partial charge in [-0.15, -0.1) is 0 Å². The first kappa shape index (κ1) is 12.9. The van der Waals surface area contributed by atoms with Gasteiger partial charge in [0.2, 0.25) is 0 Å². The molecule has 3 N–H and O–H groups in total. The molecule has 5 nitrogen and oxygen atoms in total. The van der Waals surface area contributed by atoms with Crippen LogP contribution in [0.3, 0.4) is 0 Å². The minimum absolute atomic E-state index is 0.157. The van der Waals surface area contributed by atoms with Crippen molar-refractivity contribution in [2.75, 3.05) is 5.75 Å². The van der Waals surface area contributed by atoms with Crippen molar-refractivity contribution in [3.05, 3.63) is 23.8 Å². The van der Waals surface area contributed by atoms with Crippen LogP contribution in [0.25, 0.3) is 0 Å². The lowest BCUT2D eigenvalue weighted by atomic mass is 10.1. The lowest BCUT2D eigenvalue weighted by molar-refractivity contribution is 0.0695. The summed E-state index contributed by atoms with van der Waals surface area (Å²) in [5.74, 6) is 0.282. The van der Waals surface area contributed by atoms with Crippen LogP contribution in [-0.4, -0.2) is 32.3 Å². The smallest absolute Gasteiger partial charge is 0.339 e. The Morgan fingerprint density at radius 2 is 2.31 bits per heavy atom. The Bertz CT molecular complexity index is 377. The third-order valence-electron chi connectivity index (χ3n) is 1.74. The van der Waals surface area contributed by atoms with E-state index in [0.29, 0.717) is 11.4 Å². The molecule has 0 radical (unpaired) electrons. The van der Waals surface area contributed by atoms with Crippen LogP contribution in [0.15, 0.2) is 12.5 Å². The summed E-state index contributed by atoms with van der Waals surface area (Å²) in [6.45, 7) is 3.86. The van der Waals surface area contributed by atoms with Gasteiger partial charge in [0.1, 0.15) is 11.9 Å². The van der Waals surface area contributed by atoms with Crippen molar-refractivity contribution in [2.24, 2.45) is 5.73 Å². The minimum atomic E-state index is -0.997. The molecule has 0 saturated carbocycles. The van der Waals surface area contributed by atoms with Crippen LogP contribution in [0, 0.1) is 0 Å². The van der Waals surface area contributed by atoms with Crippen molar-refractivity contribution in [1.29, 1.82) is 0 Å². The highest BCUT2D eigenvalue weighted by Gasteiger charge is 2.14. The predicted octanol–water partition coefficient (Wildman–Crippen LogP) is 1.15. The third-order valence-corrected chi connectivity index (χ3v) is 3.16. The van der Waals surface area contributed by atoms with E-state index in [4.69, 9.17) is 10.8 Å². The molecule has 0 amide bonds. The molecule has 88 valence electrons. The summed E-state index contributed by atoms with van der Waals surface area (Å²) in [4.78, 5) is 18.5. The van der Waals surface area contributed by atoms with Crippen molar-refractivity contribution < 1.29 is 9.90 Å². The Hall–Kier alpha value is -1.14. The molecule has 0 unspecified atom stereocenters. The summed E-state index contributed by atoms with van der Waals surface area (Å²) in [5, 5.41) is 8.91. The number of carbonyl (C=O) groups is 1. The van der Waals surface area contributed by atoms with Crippen molar-refractivity contribution in [3.8, 4) is 0 Å². The number of thioether (sulfide) groups is 1. The SMILES string of the molecule is CC(C)(N)CSCc1ncncc1C(=O)O. The molecular weight excluding hydrogens is 226 g/mol. The summed E-state index contributed by atoms with van der Waals surface area (Å²) in [5.41, 5.74) is 6.26. The zero-order valence-corrected chi connectivity index (χ0v) is 10.1. The molecule has 0 aliphatic carbocycles. The highest BCUT2D eigenvalue weighted by Crippen LogP contribution is 2.17. The minimum Gasteiger partial charge on any atom is -0.478 e. The summed E-state index contributed by atoms with van der Waals surface area (Å²) in [6.07, 6.45) is 2.68. The lowest BCUT2D eigenvalue weighted by Crippen LogP contribution is -2.34. The number of nitrogens with two attached hydrogens (primary N) is 1. The molecule has 6 heteroatoms. The van der Waals surface area contributed by atoms with E-state index in [0.717, 1.165) is 5.75 Å². The monoisotopic (exact) mass is 241 g/mol. The maximum Gasteiger partial charge on any atom is 0.339 e. The van der Waals surface area contributed by atoms with Gasteiger partial charge in [-0.3, -0.25) is 0 Å². The van der Waals surface area contributed by atoms with E-state index in [-0.39, 0.29) is 11.1 Å². The second kappa shape index (κ2) is 5.27. The number of aromatic carboxylic acids is 1. The van der Waals surface area contributed by atoms with Crippen LogP contribution in [0.1, 0.15) is 29.9 Å². The maximum atomic E-state index is 10.9. The summed E-state index contributed by atoms with van der Waals surface area (Å²) in [6, 6.07) is 0. The van der Waals surface area contributed by atoms with E-state index in [1.807, 2.05) is 13.8 Å². The van der Waals surface area contributed by atoms with Crippen LogP contribution >= 0.6 is 11.8 Å². The quantitative estimate of drug-likeness (QED) is 0.803. The molecule has 0 aliphatic heterocycles. The van der Waals surface area contributed by atoms with E-state index < -0.39 is 5.97 Å². The molecule has 1 aromatic rings. The van der Waals surface area contributed by atoms with Crippen LogP contribution in [-0.2, 0) is 5.75 Å². The molecule has 1 heterocycles. The Labute approximate surface area is 98.5 Å². The molecule has 0 saturated heterocycles. The van der Waals surface area contributed by atoms with Crippen molar-refractivity contribution >= 4 is 17.7 Å². The van der Waals surface area contributed by atoms with Gasteiger partial charge in [0.05, 0.1) is 5.69 Å². The van der Waals surface area contributed by atoms with Crippen molar-refractivity contribution in [3.63, 3.8) is 0 Å². The molecular formula is C10H15N3O2S. The third kappa shape index (κ3) is 4.16. The fourth-order valence-electron chi connectivity index (χ4n) is 1.06. The summed E-state index contributed by atoms with van der Waals surface area (Å²) < 4.78 is 0. The lowest BCUT2D eigenvalue weighted by Gasteiger charge is -2.17. The van der Waals surface area contributed by atoms with Crippen LogP contribution in [0.4, 0.5) is 0 Å². The zero-order chi connectivity index (χ0) is 12.2. The molecule has 16 heavy (non-hydrogen) atoms. The highest BCUT2D eigenvalue weighted by molar-refractivity contribution is 7.98. The number of rotatable bonds is 5. The maximum absolute atomic E-state index is 10.9. The average molecular weight is 241 g/mol. The zero-order valence-electron chi connectivity index (χ0n) is 9.30. The summed E-state index contributed by atoms with van der Waals surface area (Å²) >= 11 is 1.57. The molecule has 1 rings (SSSR count). The van der Waals surface area contributed by atoms with E-state index in [1.165, 1.54) is 12.5 Å². The molecule has 0 aliphatic rings. The fraction of sp³-hybridized carbons (Fsp3) is 0.500. The Morgan fingerprint density at radius 3 is 2.88 bits per heavy atom. The van der Waals surface area contributed by atoms with Gasteiger partial charge in [-0.1, -0.05) is 0 Å². The first-order chi connectivity index (χ1) is 7.40. The van der Waals surface area contributed by atoms with Gasteiger partial charge < -0.3 is 10.8 Å². The normalized spacial score (nSPS) is 11.4. The Balaban J connectivity index is 2.64. The summed E-state index contributed by atoms with van der Waals surface area (Å²) in [7, 11) is 0. The first-order valence-corrected chi connectivity index (χ1v) is 5.94. The van der Waals surface area contributed by atoms with Crippen LogP contribution in [0.2, 0.25) is 0 Å². The molecule has 0 atom stereocenters. The highest BCUT2D eigenvalue weighted by atomic mass is 32.2. The van der Waals surface area contributed by atoms with Gasteiger partial charge in [-0.05, 0) is 13.8 Å². The molecule has 0 spiro atoms. The molecule has 1 aromatic heterocycles. The second-order valence-corrected chi connectivity index (χ2v) is 5.16. The van der Waals surface area contributed by atoms with E-state index in [1.54, 1.807) is 11.8 Å². The van der Waals surface area contributed by atoms with Gasteiger partial charge in [-0.25, -0.2) is 14.8 Å². The van der Waals surface area contributed by atoms with Gasteiger partial charge in [0.25, 0.3) is 0 Å².